The Morgan fingerprint density at radius 1 is 1.04 bits per heavy atom. The minimum Gasteiger partial charge on any atom is -0.457 e. The summed E-state index contributed by atoms with van der Waals surface area (Å²) in [6.07, 6.45) is 4.01. The molecule has 0 aliphatic carbocycles. The van der Waals surface area contributed by atoms with E-state index in [-0.39, 0.29) is 24.2 Å². The molecule has 1 aromatic rings. The first-order chi connectivity index (χ1) is 12.3. The Hall–Kier alpha value is -3.76. The van der Waals surface area contributed by atoms with Gasteiger partial charge in [-0.2, -0.15) is 0 Å². The number of aromatic amines is 2. The molecule has 2 heterocycles. The van der Waals surface area contributed by atoms with Gasteiger partial charge in [-0.1, -0.05) is 6.08 Å². The highest BCUT2D eigenvalue weighted by molar-refractivity contribution is 6.07. The minimum absolute atomic E-state index is 0.00463. The zero-order valence-electron chi connectivity index (χ0n) is 13.2. The van der Waals surface area contributed by atoms with Crippen LogP contribution in [-0.4, -0.2) is 40.3 Å². The Kier molecular flexibility index (Phi) is 5.98. The second kappa shape index (κ2) is 8.37. The molecule has 136 valence electrons. The Bertz CT molecular complexity index is 921. The number of amides is 2. The maximum Gasteiger partial charge on any atom is 0.331 e. The van der Waals surface area contributed by atoms with Gasteiger partial charge in [-0.25, -0.2) is 14.4 Å². The first kappa shape index (κ1) is 18.6. The molecule has 1 aliphatic heterocycles. The Labute approximate surface area is 144 Å². The van der Waals surface area contributed by atoms with E-state index in [1.807, 2.05) is 4.98 Å². The predicted molar refractivity (Wildman–Crippen MR) is 83.4 cm³/mol. The van der Waals surface area contributed by atoms with Crippen LogP contribution in [-0.2, 0) is 35.3 Å². The largest absolute Gasteiger partial charge is 0.457 e. The molecule has 0 unspecified atom stereocenters. The van der Waals surface area contributed by atoms with Gasteiger partial charge in [0.25, 0.3) is 11.5 Å². The highest BCUT2D eigenvalue weighted by Gasteiger charge is 2.19. The average molecular weight is 363 g/mol. The van der Waals surface area contributed by atoms with Crippen molar-refractivity contribution in [2.45, 2.75) is 13.0 Å². The van der Waals surface area contributed by atoms with Gasteiger partial charge in [-0.05, 0) is 0 Å². The summed E-state index contributed by atoms with van der Waals surface area (Å²) < 4.78 is 9.50. The summed E-state index contributed by atoms with van der Waals surface area (Å²) in [5.41, 5.74) is -1.27. The monoisotopic (exact) mass is 363 g/mol. The van der Waals surface area contributed by atoms with Gasteiger partial charge in [-0.15, -0.1) is 0 Å². The summed E-state index contributed by atoms with van der Waals surface area (Å²) >= 11 is 0. The standard InChI is InChI=1S/C15H13N3O8/c19-10-2-1-8(13(22)17-10)6-25-11(20)3-4-12(21)26-7-9-5-16-15(24)18-14(9)23/h1,3-5H,2,6-7H2,(H,17,19,22)(H2,16,18,23,24)/b4-3+. The SMILES string of the molecule is O=C1CC=C(COC(=O)/C=C/C(=O)OCc2c[nH]c(=O)[nH]c2=O)C(=O)N1. The smallest absolute Gasteiger partial charge is 0.331 e. The van der Waals surface area contributed by atoms with E-state index in [0.717, 1.165) is 18.3 Å². The van der Waals surface area contributed by atoms with Crippen molar-refractivity contribution in [2.75, 3.05) is 6.61 Å². The van der Waals surface area contributed by atoms with Crippen molar-refractivity contribution in [3.8, 4) is 0 Å². The van der Waals surface area contributed by atoms with Gasteiger partial charge in [0, 0.05) is 24.8 Å². The molecule has 0 spiro atoms. The van der Waals surface area contributed by atoms with Gasteiger partial charge in [0.05, 0.1) is 11.1 Å². The van der Waals surface area contributed by atoms with Crippen molar-refractivity contribution in [1.82, 2.24) is 15.3 Å². The molecule has 11 nitrogen and oxygen atoms in total. The number of rotatable bonds is 6. The number of carbonyl (C=O) groups is 4. The first-order valence-corrected chi connectivity index (χ1v) is 7.21. The van der Waals surface area contributed by atoms with Crippen molar-refractivity contribution >= 4 is 23.8 Å². The van der Waals surface area contributed by atoms with Gasteiger partial charge in [0.15, 0.2) is 0 Å². The predicted octanol–water partition coefficient (Wildman–Crippen LogP) is -1.82. The third-order valence-corrected chi connectivity index (χ3v) is 3.07. The topological polar surface area (TPSA) is 164 Å². The zero-order valence-corrected chi connectivity index (χ0v) is 13.2. The van der Waals surface area contributed by atoms with E-state index in [1.54, 1.807) is 0 Å². The maximum atomic E-state index is 11.5. The molecule has 0 radical (unpaired) electrons. The Morgan fingerprint density at radius 2 is 1.69 bits per heavy atom. The summed E-state index contributed by atoms with van der Waals surface area (Å²) in [5, 5.41) is 2.06. The second-order valence-corrected chi connectivity index (χ2v) is 4.96. The van der Waals surface area contributed by atoms with Crippen LogP contribution in [0.25, 0.3) is 0 Å². The fourth-order valence-corrected chi connectivity index (χ4v) is 1.77. The molecule has 0 saturated carbocycles. The van der Waals surface area contributed by atoms with Gasteiger partial charge in [0.2, 0.25) is 5.91 Å². The first-order valence-electron chi connectivity index (χ1n) is 7.21. The van der Waals surface area contributed by atoms with Crippen LogP contribution < -0.4 is 16.6 Å². The molecule has 1 aliphatic rings. The lowest BCUT2D eigenvalue weighted by Gasteiger charge is -2.11. The molecular weight excluding hydrogens is 350 g/mol. The maximum absolute atomic E-state index is 11.5. The highest BCUT2D eigenvalue weighted by Crippen LogP contribution is 2.04. The number of ether oxygens (including phenoxy) is 2. The third-order valence-electron chi connectivity index (χ3n) is 3.07. The Morgan fingerprint density at radius 3 is 2.31 bits per heavy atom. The number of hydrogen-bond acceptors (Lipinski definition) is 8. The summed E-state index contributed by atoms with van der Waals surface area (Å²) in [4.78, 5) is 71.7. The average Bonchev–Trinajstić information content (AvgIpc) is 2.58. The number of hydrogen-bond donors (Lipinski definition) is 3. The fraction of sp³-hybridized carbons (Fsp3) is 0.200. The molecule has 1 aromatic heterocycles. The number of carbonyl (C=O) groups excluding carboxylic acids is 4. The van der Waals surface area contributed by atoms with Gasteiger partial charge in [-0.3, -0.25) is 24.7 Å². The summed E-state index contributed by atoms with van der Waals surface area (Å²) in [6.45, 7) is -0.768. The van der Waals surface area contributed by atoms with Gasteiger partial charge < -0.3 is 14.5 Å². The van der Waals surface area contributed by atoms with E-state index in [9.17, 15) is 28.8 Å². The normalized spacial score (nSPS) is 13.9. The van der Waals surface area contributed by atoms with Crippen molar-refractivity contribution in [2.24, 2.45) is 0 Å². The van der Waals surface area contributed by atoms with E-state index in [2.05, 4.69) is 10.3 Å². The molecule has 0 saturated heterocycles. The number of nitrogens with one attached hydrogen (secondary N) is 3. The van der Waals surface area contributed by atoms with Gasteiger partial charge in [0.1, 0.15) is 13.2 Å². The van der Waals surface area contributed by atoms with E-state index in [4.69, 9.17) is 9.47 Å². The molecule has 3 N–H and O–H groups in total. The number of esters is 2. The lowest BCUT2D eigenvalue weighted by molar-refractivity contribution is -0.141. The van der Waals surface area contributed by atoms with Crippen LogP contribution in [0, 0.1) is 0 Å². The van der Waals surface area contributed by atoms with Crippen LogP contribution >= 0.6 is 0 Å². The summed E-state index contributed by atoms with van der Waals surface area (Å²) in [6, 6.07) is 0. The summed E-state index contributed by atoms with van der Waals surface area (Å²) in [7, 11) is 0. The zero-order chi connectivity index (χ0) is 19.1. The lowest BCUT2D eigenvalue weighted by atomic mass is 10.1. The molecule has 26 heavy (non-hydrogen) atoms. The molecule has 0 atom stereocenters. The van der Waals surface area contributed by atoms with Crippen LogP contribution in [0.5, 0.6) is 0 Å². The van der Waals surface area contributed by atoms with E-state index in [0.29, 0.717) is 0 Å². The van der Waals surface area contributed by atoms with Crippen molar-refractivity contribution in [1.29, 1.82) is 0 Å². The van der Waals surface area contributed by atoms with Crippen LogP contribution in [0.2, 0.25) is 0 Å². The quantitative estimate of drug-likeness (QED) is 0.302. The molecular formula is C15H13N3O8. The lowest BCUT2D eigenvalue weighted by Crippen LogP contribution is -2.36. The van der Waals surface area contributed by atoms with E-state index < -0.39 is 41.6 Å². The molecule has 0 fully saturated rings. The second-order valence-electron chi connectivity index (χ2n) is 4.96. The molecule has 2 rings (SSSR count). The summed E-state index contributed by atoms with van der Waals surface area (Å²) in [5.74, 6) is -2.93. The van der Waals surface area contributed by atoms with E-state index >= 15 is 0 Å². The van der Waals surface area contributed by atoms with Crippen LogP contribution in [0.4, 0.5) is 0 Å². The molecule has 0 bridgehead atoms. The van der Waals surface area contributed by atoms with Gasteiger partial charge >= 0.3 is 17.6 Å². The molecule has 2 amide bonds. The fourth-order valence-electron chi connectivity index (χ4n) is 1.77. The van der Waals surface area contributed by atoms with Crippen molar-refractivity contribution in [3.63, 3.8) is 0 Å². The molecule has 11 heteroatoms. The van der Waals surface area contributed by atoms with Crippen molar-refractivity contribution < 1.29 is 28.7 Å². The van der Waals surface area contributed by atoms with Crippen molar-refractivity contribution in [3.05, 3.63) is 56.4 Å². The number of H-pyrrole nitrogens is 2. The van der Waals surface area contributed by atoms with Crippen LogP contribution in [0.1, 0.15) is 12.0 Å². The van der Waals surface area contributed by atoms with E-state index in [1.165, 1.54) is 6.08 Å². The highest BCUT2D eigenvalue weighted by atomic mass is 16.5. The minimum atomic E-state index is -0.923. The van der Waals surface area contributed by atoms with Crippen LogP contribution in [0.15, 0.2) is 39.6 Å². The third kappa shape index (κ3) is 5.40. The molecule has 0 aromatic carbocycles. The Balaban J connectivity index is 1.79. The number of imide groups is 1. The van der Waals surface area contributed by atoms with Crippen LogP contribution in [0.3, 0.4) is 0 Å². The number of aromatic nitrogens is 2.